The summed E-state index contributed by atoms with van der Waals surface area (Å²) in [5.41, 5.74) is 7.47. The minimum atomic E-state index is -0.482. The normalized spacial score (nSPS) is 11.7. The first-order chi connectivity index (χ1) is 11.0. The van der Waals surface area contributed by atoms with Gasteiger partial charge < -0.3 is 11.1 Å². The molecule has 1 atom stereocenters. The molecular formula is C18H20N2O2S. The molecule has 0 heterocycles. The van der Waals surface area contributed by atoms with Gasteiger partial charge in [0.25, 0.3) is 0 Å². The Bertz CT molecular complexity index is 681. The van der Waals surface area contributed by atoms with Gasteiger partial charge in [-0.15, -0.1) is 11.8 Å². The molecule has 2 amide bonds. The highest BCUT2D eigenvalue weighted by Gasteiger charge is 2.18. The van der Waals surface area contributed by atoms with Crippen LogP contribution in [0.3, 0.4) is 0 Å². The molecule has 0 fully saturated rings. The number of carbonyl (C=O) groups is 2. The first-order valence-corrected chi connectivity index (χ1v) is 8.31. The number of hydrogen-bond acceptors (Lipinski definition) is 3. The number of anilines is 1. The molecule has 2 rings (SSSR count). The van der Waals surface area contributed by atoms with Crippen molar-refractivity contribution in [3.05, 3.63) is 59.7 Å². The Morgan fingerprint density at radius 2 is 1.70 bits per heavy atom. The summed E-state index contributed by atoms with van der Waals surface area (Å²) in [6, 6.07) is 14.7. The second-order valence-electron chi connectivity index (χ2n) is 5.26. The summed E-state index contributed by atoms with van der Waals surface area (Å²) in [6.07, 6.45) is 0.726. The molecule has 5 heteroatoms. The second-order valence-corrected chi connectivity index (χ2v) is 6.53. The van der Waals surface area contributed by atoms with E-state index in [1.807, 2.05) is 38.1 Å². The van der Waals surface area contributed by atoms with Crippen molar-refractivity contribution >= 4 is 29.3 Å². The number of hydrogen-bond donors (Lipinski definition) is 2. The van der Waals surface area contributed by atoms with Crippen molar-refractivity contribution in [2.24, 2.45) is 5.73 Å². The van der Waals surface area contributed by atoms with Gasteiger partial charge in [0.05, 0.1) is 5.25 Å². The van der Waals surface area contributed by atoms with Crippen LogP contribution in [-0.4, -0.2) is 17.1 Å². The van der Waals surface area contributed by atoms with Crippen LogP contribution in [0.2, 0.25) is 0 Å². The summed E-state index contributed by atoms with van der Waals surface area (Å²) in [5.74, 6) is -0.533. The van der Waals surface area contributed by atoms with Crippen LogP contribution < -0.4 is 11.1 Å². The molecule has 120 valence electrons. The molecule has 0 saturated heterocycles. The number of primary amides is 1. The van der Waals surface area contributed by atoms with Gasteiger partial charge in [0, 0.05) is 16.1 Å². The van der Waals surface area contributed by atoms with Crippen molar-refractivity contribution in [3.8, 4) is 0 Å². The van der Waals surface area contributed by atoms with Gasteiger partial charge in [-0.3, -0.25) is 9.59 Å². The molecule has 0 aromatic heterocycles. The van der Waals surface area contributed by atoms with E-state index in [1.165, 1.54) is 5.56 Å². The van der Waals surface area contributed by atoms with E-state index in [-0.39, 0.29) is 11.2 Å². The van der Waals surface area contributed by atoms with Gasteiger partial charge in [-0.25, -0.2) is 0 Å². The molecular weight excluding hydrogens is 308 g/mol. The van der Waals surface area contributed by atoms with Crippen molar-refractivity contribution < 1.29 is 9.59 Å². The highest BCUT2D eigenvalue weighted by molar-refractivity contribution is 8.00. The molecule has 3 N–H and O–H groups in total. The molecule has 23 heavy (non-hydrogen) atoms. The number of nitrogens with two attached hydrogens (primary N) is 1. The van der Waals surface area contributed by atoms with Crippen LogP contribution in [0, 0.1) is 6.92 Å². The zero-order valence-corrected chi connectivity index (χ0v) is 14.0. The molecule has 0 aliphatic carbocycles. The lowest BCUT2D eigenvalue weighted by molar-refractivity contribution is -0.115. The van der Waals surface area contributed by atoms with E-state index in [1.54, 1.807) is 36.0 Å². The van der Waals surface area contributed by atoms with Crippen molar-refractivity contribution in [2.45, 2.75) is 30.4 Å². The van der Waals surface area contributed by atoms with Crippen molar-refractivity contribution in [1.29, 1.82) is 0 Å². The number of nitrogens with one attached hydrogen (secondary N) is 1. The summed E-state index contributed by atoms with van der Waals surface area (Å²) >= 11 is 1.55. The van der Waals surface area contributed by atoms with Gasteiger partial charge in [-0.2, -0.15) is 0 Å². The van der Waals surface area contributed by atoms with Crippen LogP contribution in [0.5, 0.6) is 0 Å². The number of rotatable bonds is 6. The fraction of sp³-hybridized carbons (Fsp3) is 0.222. The average Bonchev–Trinajstić information content (AvgIpc) is 2.54. The third-order valence-electron chi connectivity index (χ3n) is 3.40. The van der Waals surface area contributed by atoms with Gasteiger partial charge in [0.1, 0.15) is 0 Å². The summed E-state index contributed by atoms with van der Waals surface area (Å²) in [4.78, 5) is 24.5. The zero-order valence-electron chi connectivity index (χ0n) is 13.2. The molecule has 1 unspecified atom stereocenters. The maximum atomic E-state index is 12.4. The SMILES string of the molecule is CCC(Sc1ccc(C)cc1)C(=O)Nc1ccc(C(N)=O)cc1. The van der Waals surface area contributed by atoms with Crippen LogP contribution in [0.25, 0.3) is 0 Å². The maximum absolute atomic E-state index is 12.4. The van der Waals surface area contributed by atoms with Gasteiger partial charge >= 0.3 is 0 Å². The first kappa shape index (κ1) is 17.1. The Labute approximate surface area is 140 Å². The highest BCUT2D eigenvalue weighted by Crippen LogP contribution is 2.26. The van der Waals surface area contributed by atoms with Crippen LogP contribution in [0.4, 0.5) is 5.69 Å². The third-order valence-corrected chi connectivity index (χ3v) is 4.78. The Balaban J connectivity index is 2.01. The molecule has 0 radical (unpaired) electrons. The Morgan fingerprint density at radius 3 is 2.22 bits per heavy atom. The maximum Gasteiger partial charge on any atom is 0.248 e. The minimum Gasteiger partial charge on any atom is -0.366 e. The van der Waals surface area contributed by atoms with Gasteiger partial charge in [0.15, 0.2) is 0 Å². The van der Waals surface area contributed by atoms with E-state index >= 15 is 0 Å². The van der Waals surface area contributed by atoms with E-state index in [9.17, 15) is 9.59 Å². The predicted octanol–water partition coefficient (Wildman–Crippen LogP) is 3.60. The summed E-state index contributed by atoms with van der Waals surface area (Å²) in [5, 5.41) is 2.71. The lowest BCUT2D eigenvalue weighted by Crippen LogP contribution is -2.24. The molecule has 4 nitrogen and oxygen atoms in total. The van der Waals surface area contributed by atoms with Crippen LogP contribution in [0.15, 0.2) is 53.4 Å². The molecule has 0 bridgehead atoms. The lowest BCUT2D eigenvalue weighted by Gasteiger charge is -2.15. The lowest BCUT2D eigenvalue weighted by atomic mass is 10.2. The number of carbonyl (C=O) groups excluding carboxylic acids is 2. The fourth-order valence-electron chi connectivity index (χ4n) is 2.04. The van der Waals surface area contributed by atoms with Crippen molar-refractivity contribution in [2.75, 3.05) is 5.32 Å². The number of benzene rings is 2. The Hall–Kier alpha value is -2.27. The van der Waals surface area contributed by atoms with E-state index in [0.717, 1.165) is 11.3 Å². The Kier molecular flexibility index (Phi) is 5.82. The first-order valence-electron chi connectivity index (χ1n) is 7.43. The molecule has 2 aromatic carbocycles. The van der Waals surface area contributed by atoms with E-state index in [4.69, 9.17) is 5.73 Å². The number of thioether (sulfide) groups is 1. The summed E-state index contributed by atoms with van der Waals surface area (Å²) < 4.78 is 0. The zero-order chi connectivity index (χ0) is 16.8. The molecule has 0 saturated carbocycles. The quantitative estimate of drug-likeness (QED) is 0.796. The second kappa shape index (κ2) is 7.83. The minimum absolute atomic E-state index is 0.0510. The van der Waals surface area contributed by atoms with Crippen molar-refractivity contribution in [1.82, 2.24) is 0 Å². The summed E-state index contributed by atoms with van der Waals surface area (Å²) in [7, 11) is 0. The van der Waals surface area contributed by atoms with Crippen LogP contribution in [-0.2, 0) is 4.79 Å². The number of amides is 2. The smallest absolute Gasteiger partial charge is 0.248 e. The van der Waals surface area contributed by atoms with Gasteiger partial charge in [-0.1, -0.05) is 24.6 Å². The van der Waals surface area contributed by atoms with Crippen LogP contribution in [0.1, 0.15) is 29.3 Å². The van der Waals surface area contributed by atoms with E-state index in [0.29, 0.717) is 11.3 Å². The van der Waals surface area contributed by atoms with Crippen molar-refractivity contribution in [3.63, 3.8) is 0 Å². The molecule has 0 aliphatic rings. The largest absolute Gasteiger partial charge is 0.366 e. The highest BCUT2D eigenvalue weighted by atomic mass is 32.2. The Morgan fingerprint density at radius 1 is 1.09 bits per heavy atom. The average molecular weight is 328 g/mol. The van der Waals surface area contributed by atoms with E-state index in [2.05, 4.69) is 5.32 Å². The number of aryl methyl sites for hydroxylation is 1. The standard InChI is InChI=1S/C18H20N2O2S/c1-3-16(23-15-10-4-12(2)5-11-15)18(22)20-14-8-6-13(7-9-14)17(19)21/h4-11,16H,3H2,1-2H3,(H2,19,21)(H,20,22). The van der Waals surface area contributed by atoms with Gasteiger partial charge in [0.2, 0.25) is 11.8 Å². The molecule has 0 aliphatic heterocycles. The molecule has 2 aromatic rings. The predicted molar refractivity (Wildman–Crippen MR) is 94.7 cm³/mol. The molecule has 0 spiro atoms. The topological polar surface area (TPSA) is 72.2 Å². The van der Waals surface area contributed by atoms with Crippen LogP contribution >= 0.6 is 11.8 Å². The van der Waals surface area contributed by atoms with Gasteiger partial charge in [-0.05, 0) is 49.7 Å². The fourth-order valence-corrected chi connectivity index (χ4v) is 3.00. The van der Waals surface area contributed by atoms with E-state index < -0.39 is 5.91 Å². The monoisotopic (exact) mass is 328 g/mol. The third kappa shape index (κ3) is 4.86. The summed E-state index contributed by atoms with van der Waals surface area (Å²) in [6.45, 7) is 4.02.